The maximum atomic E-state index is 13.4. The van der Waals surface area contributed by atoms with Crippen molar-refractivity contribution in [1.29, 1.82) is 0 Å². The molecule has 33 heavy (non-hydrogen) atoms. The van der Waals surface area contributed by atoms with Gasteiger partial charge in [0.15, 0.2) is 12.4 Å². The molecule has 1 amide bonds. The highest BCUT2D eigenvalue weighted by Crippen LogP contribution is 2.31. The molecular formula is C28H27NO4. The van der Waals surface area contributed by atoms with Crippen molar-refractivity contribution in [3.05, 3.63) is 94.1 Å². The van der Waals surface area contributed by atoms with E-state index in [2.05, 4.69) is 19.2 Å². The fourth-order valence-corrected chi connectivity index (χ4v) is 3.79. The van der Waals surface area contributed by atoms with Gasteiger partial charge in [0.25, 0.3) is 5.91 Å². The van der Waals surface area contributed by atoms with Crippen LogP contribution in [-0.2, 0) is 11.2 Å². The highest BCUT2D eigenvalue weighted by Gasteiger charge is 2.19. The van der Waals surface area contributed by atoms with Gasteiger partial charge in [0.05, 0.1) is 5.39 Å². The van der Waals surface area contributed by atoms with Crippen LogP contribution in [0.2, 0.25) is 0 Å². The number of carbonyl (C=O) groups is 1. The number of fused-ring (bicyclic) bond motifs is 1. The average molecular weight is 442 g/mol. The quantitative estimate of drug-likeness (QED) is 0.373. The molecule has 0 aliphatic rings. The van der Waals surface area contributed by atoms with Crippen LogP contribution in [0.1, 0.15) is 37.8 Å². The lowest BCUT2D eigenvalue weighted by atomic mass is 10.0. The van der Waals surface area contributed by atoms with Crippen molar-refractivity contribution in [2.45, 2.75) is 33.1 Å². The normalized spacial score (nSPS) is 11.0. The predicted molar refractivity (Wildman–Crippen MR) is 132 cm³/mol. The van der Waals surface area contributed by atoms with Gasteiger partial charge in [-0.1, -0.05) is 75.4 Å². The van der Waals surface area contributed by atoms with E-state index in [0.717, 1.165) is 23.2 Å². The molecule has 1 aromatic heterocycles. The highest BCUT2D eigenvalue weighted by atomic mass is 16.5. The second kappa shape index (κ2) is 9.74. The Kier molecular flexibility index (Phi) is 6.59. The van der Waals surface area contributed by atoms with Gasteiger partial charge in [0.1, 0.15) is 5.58 Å². The van der Waals surface area contributed by atoms with E-state index >= 15 is 0 Å². The van der Waals surface area contributed by atoms with Crippen LogP contribution in [0.3, 0.4) is 0 Å². The van der Waals surface area contributed by atoms with Gasteiger partial charge in [-0.15, -0.1) is 0 Å². The monoisotopic (exact) mass is 441 g/mol. The molecule has 0 unspecified atom stereocenters. The number of amides is 1. The number of hydrogen-bond acceptors (Lipinski definition) is 4. The molecule has 4 aromatic rings. The summed E-state index contributed by atoms with van der Waals surface area (Å²) in [5.41, 5.74) is 3.70. The molecular weight excluding hydrogens is 414 g/mol. The van der Waals surface area contributed by atoms with Gasteiger partial charge in [-0.2, -0.15) is 0 Å². The molecule has 0 aliphatic heterocycles. The summed E-state index contributed by atoms with van der Waals surface area (Å²) in [6.07, 6.45) is 0.795. The molecule has 0 saturated heterocycles. The molecule has 1 heterocycles. The summed E-state index contributed by atoms with van der Waals surface area (Å²) in [6, 6.07) is 22.5. The van der Waals surface area contributed by atoms with Crippen LogP contribution in [0.15, 0.2) is 82.0 Å². The number of ether oxygens (including phenoxy) is 1. The minimum absolute atomic E-state index is 0.0363. The highest BCUT2D eigenvalue weighted by molar-refractivity contribution is 5.93. The number of hydrogen-bond donors (Lipinski definition) is 1. The lowest BCUT2D eigenvalue weighted by Crippen LogP contribution is -2.23. The maximum Gasteiger partial charge on any atom is 0.262 e. The van der Waals surface area contributed by atoms with Crippen molar-refractivity contribution < 1.29 is 13.9 Å². The Morgan fingerprint density at radius 2 is 1.73 bits per heavy atom. The van der Waals surface area contributed by atoms with Crippen molar-refractivity contribution in [2.75, 3.05) is 11.9 Å². The van der Waals surface area contributed by atoms with E-state index in [4.69, 9.17) is 9.15 Å². The first kappa shape index (κ1) is 22.3. The van der Waals surface area contributed by atoms with Crippen molar-refractivity contribution in [3.8, 4) is 17.1 Å². The number of carbonyl (C=O) groups excluding carboxylic acids is 1. The zero-order chi connectivity index (χ0) is 23.4. The molecule has 0 bridgehead atoms. The molecule has 0 fully saturated rings. The first-order valence-corrected chi connectivity index (χ1v) is 11.1. The third kappa shape index (κ3) is 4.82. The topological polar surface area (TPSA) is 68.5 Å². The minimum Gasteiger partial charge on any atom is -0.476 e. The van der Waals surface area contributed by atoms with E-state index in [1.807, 2.05) is 73.7 Å². The largest absolute Gasteiger partial charge is 0.476 e. The van der Waals surface area contributed by atoms with Gasteiger partial charge in [-0.05, 0) is 41.7 Å². The number of nitrogens with one attached hydrogen (secondary N) is 1. The first-order chi connectivity index (χ1) is 16.0. The van der Waals surface area contributed by atoms with Crippen LogP contribution in [0.5, 0.6) is 5.75 Å². The Labute approximate surface area is 193 Å². The summed E-state index contributed by atoms with van der Waals surface area (Å²) < 4.78 is 11.9. The zero-order valence-electron chi connectivity index (χ0n) is 19.1. The number of anilines is 1. The Hall–Kier alpha value is -3.86. The summed E-state index contributed by atoms with van der Waals surface area (Å²) in [4.78, 5) is 26.1. The molecule has 168 valence electrons. The molecule has 4 rings (SSSR count). The summed E-state index contributed by atoms with van der Waals surface area (Å²) >= 11 is 0. The fourth-order valence-electron chi connectivity index (χ4n) is 3.79. The fraction of sp³-hybridized carbons (Fsp3) is 0.214. The van der Waals surface area contributed by atoms with Crippen molar-refractivity contribution in [1.82, 2.24) is 0 Å². The third-order valence-electron chi connectivity index (χ3n) is 5.56. The van der Waals surface area contributed by atoms with Gasteiger partial charge >= 0.3 is 0 Å². The van der Waals surface area contributed by atoms with Crippen LogP contribution < -0.4 is 15.5 Å². The van der Waals surface area contributed by atoms with Gasteiger partial charge in [-0.3, -0.25) is 9.59 Å². The standard InChI is InChI=1S/C28H27NO4/c1-4-19-14-15-24-22(16-19)26(31)28(27(33-24)20-10-6-5-7-11-20)32-17-25(30)29-23-13-9-8-12-21(23)18(2)3/h5-16,18H,4,17H2,1-3H3,(H,29,30). The Morgan fingerprint density at radius 3 is 2.45 bits per heavy atom. The average Bonchev–Trinajstić information content (AvgIpc) is 2.84. The smallest absolute Gasteiger partial charge is 0.262 e. The third-order valence-corrected chi connectivity index (χ3v) is 5.56. The van der Waals surface area contributed by atoms with Crippen LogP contribution >= 0.6 is 0 Å². The minimum atomic E-state index is -0.344. The Bertz CT molecular complexity index is 1340. The Morgan fingerprint density at radius 1 is 1.00 bits per heavy atom. The summed E-state index contributed by atoms with van der Waals surface area (Å²) in [6.45, 7) is 5.85. The molecule has 5 nitrogen and oxygen atoms in total. The number of para-hydroxylation sites is 1. The second-order valence-corrected chi connectivity index (χ2v) is 8.22. The first-order valence-electron chi connectivity index (χ1n) is 11.1. The van der Waals surface area contributed by atoms with Gasteiger partial charge in [-0.25, -0.2) is 0 Å². The molecule has 0 saturated carbocycles. The molecule has 5 heteroatoms. The lowest BCUT2D eigenvalue weighted by molar-refractivity contribution is -0.118. The van der Waals surface area contributed by atoms with Crippen LogP contribution in [0.25, 0.3) is 22.3 Å². The Balaban J connectivity index is 1.68. The van der Waals surface area contributed by atoms with E-state index in [9.17, 15) is 9.59 Å². The number of benzene rings is 3. The van der Waals surface area contributed by atoms with Gasteiger partial charge < -0.3 is 14.5 Å². The van der Waals surface area contributed by atoms with Crippen LogP contribution in [0, 0.1) is 0 Å². The molecule has 0 radical (unpaired) electrons. The van der Waals surface area contributed by atoms with Crippen LogP contribution in [0.4, 0.5) is 5.69 Å². The summed E-state index contributed by atoms with van der Waals surface area (Å²) in [5.74, 6) is 0.262. The van der Waals surface area contributed by atoms with E-state index in [1.165, 1.54) is 0 Å². The van der Waals surface area contributed by atoms with E-state index in [-0.39, 0.29) is 29.6 Å². The van der Waals surface area contributed by atoms with Crippen molar-refractivity contribution in [2.24, 2.45) is 0 Å². The number of rotatable bonds is 7. The maximum absolute atomic E-state index is 13.4. The second-order valence-electron chi connectivity index (χ2n) is 8.22. The molecule has 1 N–H and O–H groups in total. The van der Waals surface area contributed by atoms with Crippen LogP contribution in [-0.4, -0.2) is 12.5 Å². The van der Waals surface area contributed by atoms with Crippen molar-refractivity contribution >= 4 is 22.6 Å². The SMILES string of the molecule is CCc1ccc2oc(-c3ccccc3)c(OCC(=O)Nc3ccccc3C(C)C)c(=O)c2c1. The van der Waals surface area contributed by atoms with Gasteiger partial charge in [0.2, 0.25) is 11.2 Å². The van der Waals surface area contributed by atoms with E-state index in [0.29, 0.717) is 22.3 Å². The molecule has 0 aliphatic carbocycles. The summed E-state index contributed by atoms with van der Waals surface area (Å²) in [5, 5.41) is 3.34. The zero-order valence-corrected chi connectivity index (χ0v) is 19.1. The molecule has 0 atom stereocenters. The van der Waals surface area contributed by atoms with E-state index in [1.54, 1.807) is 6.07 Å². The van der Waals surface area contributed by atoms with Crippen molar-refractivity contribution in [3.63, 3.8) is 0 Å². The van der Waals surface area contributed by atoms with Gasteiger partial charge in [0, 0.05) is 11.3 Å². The summed E-state index contributed by atoms with van der Waals surface area (Å²) in [7, 11) is 0. The lowest BCUT2D eigenvalue weighted by Gasteiger charge is -2.15. The number of aryl methyl sites for hydroxylation is 1. The van der Waals surface area contributed by atoms with E-state index < -0.39 is 0 Å². The molecule has 0 spiro atoms. The predicted octanol–water partition coefficient (Wildman–Crippen LogP) is 6.16. The molecule has 3 aromatic carbocycles.